The molecule has 0 unspecified atom stereocenters. The molecule has 0 bridgehead atoms. The second-order valence-corrected chi connectivity index (χ2v) is 3.73. The second kappa shape index (κ2) is 4.82. The first-order chi connectivity index (χ1) is 7.04. The van der Waals surface area contributed by atoms with E-state index in [2.05, 4.69) is 0 Å². The van der Waals surface area contributed by atoms with E-state index in [1.54, 1.807) is 12.1 Å². The first-order valence-electron chi connectivity index (χ1n) is 5.14. The summed E-state index contributed by atoms with van der Waals surface area (Å²) >= 11 is 0. The molecule has 2 N–H and O–H groups in total. The molecule has 3 heteroatoms. The molecule has 82 valence electrons. The number of nitrogen functional groups attached to an aromatic ring is 1. The number of carbonyl (C=O) groups excluding carboxylic acids is 1. The van der Waals surface area contributed by atoms with Crippen LogP contribution in [0.5, 0.6) is 0 Å². The average molecular weight is 207 g/mol. The zero-order valence-corrected chi connectivity index (χ0v) is 9.41. The van der Waals surface area contributed by atoms with Gasteiger partial charge in [-0.05, 0) is 38.0 Å². The Morgan fingerprint density at radius 2 is 2.13 bits per heavy atom. The number of ether oxygens (including phenoxy) is 1. The van der Waals surface area contributed by atoms with Crippen LogP contribution < -0.4 is 5.73 Å². The van der Waals surface area contributed by atoms with Gasteiger partial charge in [0.05, 0.1) is 11.7 Å². The van der Waals surface area contributed by atoms with E-state index in [0.717, 1.165) is 12.0 Å². The molecule has 1 rings (SSSR count). The largest absolute Gasteiger partial charge is 0.459 e. The minimum atomic E-state index is -0.349. The Kier molecular flexibility index (Phi) is 3.72. The highest BCUT2D eigenvalue weighted by atomic mass is 16.5. The molecule has 1 aromatic carbocycles. The molecule has 15 heavy (non-hydrogen) atoms. The van der Waals surface area contributed by atoms with Crippen LogP contribution in [-0.4, -0.2) is 12.1 Å². The summed E-state index contributed by atoms with van der Waals surface area (Å²) in [6, 6.07) is 5.46. The lowest BCUT2D eigenvalue weighted by Crippen LogP contribution is -2.13. The van der Waals surface area contributed by atoms with Crippen LogP contribution in [0.15, 0.2) is 18.2 Å². The van der Waals surface area contributed by atoms with Crippen LogP contribution in [0.3, 0.4) is 0 Å². The van der Waals surface area contributed by atoms with Gasteiger partial charge < -0.3 is 10.5 Å². The molecule has 0 aliphatic carbocycles. The lowest BCUT2D eigenvalue weighted by molar-refractivity contribution is 0.0379. The number of hydrogen-bond acceptors (Lipinski definition) is 3. The molecule has 0 amide bonds. The predicted molar refractivity (Wildman–Crippen MR) is 60.8 cm³/mol. The van der Waals surface area contributed by atoms with Crippen molar-refractivity contribution in [3.05, 3.63) is 29.3 Å². The maximum absolute atomic E-state index is 11.6. The lowest BCUT2D eigenvalue weighted by Gasteiger charge is -2.10. The van der Waals surface area contributed by atoms with Gasteiger partial charge in [0.25, 0.3) is 0 Å². The lowest BCUT2D eigenvalue weighted by atomic mass is 10.1. The highest BCUT2D eigenvalue weighted by Crippen LogP contribution is 2.16. The SMILES string of the molecule is CCc1ccc(N)c(C(=O)OC(C)C)c1. The summed E-state index contributed by atoms with van der Waals surface area (Å²) in [5.41, 5.74) is 7.73. The van der Waals surface area contributed by atoms with Crippen LogP contribution >= 0.6 is 0 Å². The van der Waals surface area contributed by atoms with Crippen molar-refractivity contribution in [3.8, 4) is 0 Å². The molecule has 0 saturated heterocycles. The van der Waals surface area contributed by atoms with E-state index in [1.165, 1.54) is 0 Å². The predicted octanol–water partition coefficient (Wildman–Crippen LogP) is 2.40. The highest BCUT2D eigenvalue weighted by molar-refractivity contribution is 5.95. The quantitative estimate of drug-likeness (QED) is 0.611. The van der Waals surface area contributed by atoms with E-state index >= 15 is 0 Å². The summed E-state index contributed by atoms with van der Waals surface area (Å²) in [5.74, 6) is -0.349. The topological polar surface area (TPSA) is 52.3 Å². The van der Waals surface area contributed by atoms with Crippen molar-refractivity contribution >= 4 is 11.7 Å². The minimum absolute atomic E-state index is 0.123. The first kappa shape index (κ1) is 11.6. The number of aryl methyl sites for hydroxylation is 1. The second-order valence-electron chi connectivity index (χ2n) is 3.73. The monoisotopic (exact) mass is 207 g/mol. The molecule has 0 fully saturated rings. The Labute approximate surface area is 90.2 Å². The first-order valence-corrected chi connectivity index (χ1v) is 5.14. The van der Waals surface area contributed by atoms with Gasteiger partial charge in [-0.3, -0.25) is 0 Å². The Bertz CT molecular complexity index is 359. The molecular weight excluding hydrogens is 190 g/mol. The third kappa shape index (κ3) is 2.98. The number of esters is 1. The summed E-state index contributed by atoms with van der Waals surface area (Å²) in [4.78, 5) is 11.6. The molecule has 3 nitrogen and oxygen atoms in total. The zero-order chi connectivity index (χ0) is 11.4. The van der Waals surface area contributed by atoms with Gasteiger partial charge in [0, 0.05) is 5.69 Å². The van der Waals surface area contributed by atoms with E-state index < -0.39 is 0 Å². The molecule has 0 heterocycles. The van der Waals surface area contributed by atoms with Gasteiger partial charge >= 0.3 is 5.97 Å². The number of hydrogen-bond donors (Lipinski definition) is 1. The van der Waals surface area contributed by atoms with Gasteiger partial charge in [0.15, 0.2) is 0 Å². The summed E-state index contributed by atoms with van der Waals surface area (Å²) in [7, 11) is 0. The number of nitrogens with two attached hydrogens (primary N) is 1. The molecule has 0 radical (unpaired) electrons. The highest BCUT2D eigenvalue weighted by Gasteiger charge is 2.12. The van der Waals surface area contributed by atoms with Gasteiger partial charge in [-0.1, -0.05) is 13.0 Å². The fourth-order valence-electron chi connectivity index (χ4n) is 1.28. The number of benzene rings is 1. The van der Waals surface area contributed by atoms with Crippen LogP contribution in [0.4, 0.5) is 5.69 Å². The summed E-state index contributed by atoms with van der Waals surface area (Å²) in [6.07, 6.45) is 0.754. The Hall–Kier alpha value is -1.51. The Balaban J connectivity index is 2.96. The van der Waals surface area contributed by atoms with Gasteiger partial charge in [0.2, 0.25) is 0 Å². The van der Waals surface area contributed by atoms with E-state index in [-0.39, 0.29) is 12.1 Å². The van der Waals surface area contributed by atoms with E-state index in [9.17, 15) is 4.79 Å². The number of rotatable bonds is 3. The van der Waals surface area contributed by atoms with Crippen LogP contribution in [-0.2, 0) is 11.2 Å². The molecule has 0 spiro atoms. The standard InChI is InChI=1S/C12H17NO2/c1-4-9-5-6-11(13)10(7-9)12(14)15-8(2)3/h5-8H,4,13H2,1-3H3. The Morgan fingerprint density at radius 3 is 2.67 bits per heavy atom. The van der Waals surface area contributed by atoms with Crippen molar-refractivity contribution in [2.75, 3.05) is 5.73 Å². The third-order valence-corrected chi connectivity index (χ3v) is 2.09. The van der Waals surface area contributed by atoms with E-state index in [0.29, 0.717) is 11.3 Å². The van der Waals surface area contributed by atoms with Crippen molar-refractivity contribution in [1.29, 1.82) is 0 Å². The third-order valence-electron chi connectivity index (χ3n) is 2.09. The average Bonchev–Trinajstić information content (AvgIpc) is 2.17. The van der Waals surface area contributed by atoms with Crippen molar-refractivity contribution < 1.29 is 9.53 Å². The molecule has 0 aliphatic heterocycles. The van der Waals surface area contributed by atoms with Crippen molar-refractivity contribution in [2.45, 2.75) is 33.3 Å². The maximum atomic E-state index is 11.6. The van der Waals surface area contributed by atoms with Crippen molar-refractivity contribution in [1.82, 2.24) is 0 Å². The Morgan fingerprint density at radius 1 is 1.47 bits per heavy atom. The van der Waals surface area contributed by atoms with Gasteiger partial charge in [-0.15, -0.1) is 0 Å². The van der Waals surface area contributed by atoms with E-state index in [4.69, 9.17) is 10.5 Å². The van der Waals surface area contributed by atoms with Crippen LogP contribution in [0.1, 0.15) is 36.7 Å². The molecule has 0 atom stereocenters. The summed E-state index contributed by atoms with van der Waals surface area (Å²) in [6.45, 7) is 5.67. The molecule has 1 aromatic rings. The molecule has 0 aromatic heterocycles. The van der Waals surface area contributed by atoms with Crippen LogP contribution in [0.2, 0.25) is 0 Å². The summed E-state index contributed by atoms with van der Waals surface area (Å²) < 4.78 is 5.10. The normalized spacial score (nSPS) is 10.4. The summed E-state index contributed by atoms with van der Waals surface area (Å²) in [5, 5.41) is 0. The van der Waals surface area contributed by atoms with Crippen molar-refractivity contribution in [3.63, 3.8) is 0 Å². The minimum Gasteiger partial charge on any atom is -0.459 e. The van der Waals surface area contributed by atoms with Crippen molar-refractivity contribution in [2.24, 2.45) is 0 Å². The van der Waals surface area contributed by atoms with Gasteiger partial charge in [-0.2, -0.15) is 0 Å². The zero-order valence-electron chi connectivity index (χ0n) is 9.41. The number of anilines is 1. The molecular formula is C12H17NO2. The fourth-order valence-corrected chi connectivity index (χ4v) is 1.28. The van der Waals surface area contributed by atoms with Crippen LogP contribution in [0.25, 0.3) is 0 Å². The molecule has 0 saturated carbocycles. The smallest absolute Gasteiger partial charge is 0.340 e. The maximum Gasteiger partial charge on any atom is 0.340 e. The van der Waals surface area contributed by atoms with E-state index in [1.807, 2.05) is 26.8 Å². The van der Waals surface area contributed by atoms with Gasteiger partial charge in [-0.25, -0.2) is 4.79 Å². The van der Waals surface area contributed by atoms with Crippen LogP contribution in [0, 0.1) is 0 Å². The molecule has 0 aliphatic rings. The number of carbonyl (C=O) groups is 1. The fraction of sp³-hybridized carbons (Fsp3) is 0.417. The van der Waals surface area contributed by atoms with Gasteiger partial charge in [0.1, 0.15) is 0 Å².